The molecule has 0 saturated carbocycles. The highest BCUT2D eigenvalue weighted by Gasteiger charge is 2.16. The normalized spacial score (nSPS) is 11.6. The molecule has 0 aliphatic rings. The van der Waals surface area contributed by atoms with Gasteiger partial charge in [-0.15, -0.1) is 11.8 Å². The van der Waals surface area contributed by atoms with E-state index in [4.69, 9.17) is 4.98 Å². The van der Waals surface area contributed by atoms with Gasteiger partial charge in [0.1, 0.15) is 11.6 Å². The van der Waals surface area contributed by atoms with Crippen molar-refractivity contribution in [3.63, 3.8) is 0 Å². The third-order valence-electron chi connectivity index (χ3n) is 5.81. The average Bonchev–Trinajstić information content (AvgIpc) is 3.19. The van der Waals surface area contributed by atoms with Crippen LogP contribution >= 0.6 is 11.8 Å². The Kier molecular flexibility index (Phi) is 10.0. The molecule has 3 nitrogen and oxygen atoms in total. The number of thioether (sulfide) groups is 1. The lowest BCUT2D eigenvalue weighted by Crippen LogP contribution is -2.26. The molecule has 3 rings (SSSR count). The minimum atomic E-state index is -0.220. The number of nitrogens with zero attached hydrogens (tertiary/aromatic N) is 3. The Morgan fingerprint density at radius 3 is 2.52 bits per heavy atom. The fraction of sp³-hybridized carbons (Fsp3) is 0.464. The smallest absolute Gasteiger partial charge is 0.140 e. The summed E-state index contributed by atoms with van der Waals surface area (Å²) in [5.41, 5.74) is 3.38. The maximum Gasteiger partial charge on any atom is 0.140 e. The first-order chi connectivity index (χ1) is 16.0. The van der Waals surface area contributed by atoms with Crippen molar-refractivity contribution in [2.24, 2.45) is 5.92 Å². The van der Waals surface area contributed by atoms with E-state index in [0.717, 1.165) is 62.6 Å². The Morgan fingerprint density at radius 1 is 1.06 bits per heavy atom. The molecule has 0 radical (unpaired) electrons. The monoisotopic (exact) mass is 467 g/mol. The van der Waals surface area contributed by atoms with Crippen LogP contribution in [0.2, 0.25) is 0 Å². The molecular weight excluding hydrogens is 429 g/mol. The van der Waals surface area contributed by atoms with Crippen molar-refractivity contribution in [2.75, 3.05) is 12.3 Å². The van der Waals surface area contributed by atoms with E-state index in [0.29, 0.717) is 5.92 Å². The molecule has 0 saturated heterocycles. The zero-order valence-corrected chi connectivity index (χ0v) is 21.4. The van der Waals surface area contributed by atoms with Crippen molar-refractivity contribution in [3.05, 3.63) is 71.8 Å². The summed E-state index contributed by atoms with van der Waals surface area (Å²) in [4.78, 5) is 8.59. The Morgan fingerprint density at radius 2 is 1.85 bits per heavy atom. The van der Waals surface area contributed by atoms with Crippen LogP contribution in [-0.2, 0) is 19.6 Å². The molecule has 0 aliphatic carbocycles. The van der Waals surface area contributed by atoms with Gasteiger partial charge in [0.2, 0.25) is 0 Å². The van der Waals surface area contributed by atoms with Crippen LogP contribution in [-0.4, -0.2) is 26.7 Å². The van der Waals surface area contributed by atoms with Crippen LogP contribution in [0.3, 0.4) is 0 Å². The molecule has 178 valence electrons. The molecule has 0 N–H and O–H groups in total. The molecule has 0 fully saturated rings. The molecule has 0 atom stereocenters. The third kappa shape index (κ3) is 7.72. The predicted octanol–water partition coefficient (Wildman–Crippen LogP) is 7.65. The first-order valence-electron chi connectivity index (χ1n) is 12.2. The molecule has 5 heteroatoms. The molecule has 33 heavy (non-hydrogen) atoms. The molecule has 0 spiro atoms. The van der Waals surface area contributed by atoms with Gasteiger partial charge in [-0.3, -0.25) is 4.90 Å². The second-order valence-corrected chi connectivity index (χ2v) is 10.4. The minimum Gasteiger partial charge on any atom is -0.327 e. The van der Waals surface area contributed by atoms with Crippen LogP contribution in [0.4, 0.5) is 4.39 Å². The van der Waals surface area contributed by atoms with Crippen molar-refractivity contribution in [1.82, 2.24) is 14.5 Å². The Hall–Kier alpha value is -2.11. The Labute approximate surface area is 203 Å². The lowest BCUT2D eigenvalue weighted by Gasteiger charge is -2.24. The van der Waals surface area contributed by atoms with Crippen molar-refractivity contribution in [1.29, 1.82) is 0 Å². The number of imidazole rings is 1. The van der Waals surface area contributed by atoms with Gasteiger partial charge in [0.25, 0.3) is 0 Å². The van der Waals surface area contributed by atoms with E-state index in [2.05, 4.69) is 61.4 Å². The van der Waals surface area contributed by atoms with E-state index >= 15 is 0 Å². The molecule has 0 bridgehead atoms. The van der Waals surface area contributed by atoms with E-state index in [9.17, 15) is 4.39 Å². The summed E-state index contributed by atoms with van der Waals surface area (Å²) in [6, 6.07) is 15.8. The number of halogens is 1. The summed E-state index contributed by atoms with van der Waals surface area (Å²) < 4.78 is 16.2. The highest BCUT2D eigenvalue weighted by atomic mass is 32.2. The van der Waals surface area contributed by atoms with E-state index in [1.54, 1.807) is 12.1 Å². The van der Waals surface area contributed by atoms with Crippen LogP contribution < -0.4 is 0 Å². The molecule has 0 aliphatic heterocycles. The lowest BCUT2D eigenvalue weighted by atomic mass is 10.1. The highest BCUT2D eigenvalue weighted by molar-refractivity contribution is 7.99. The Balaban J connectivity index is 1.84. The topological polar surface area (TPSA) is 21.1 Å². The maximum atomic E-state index is 13.9. The molecule has 2 aromatic carbocycles. The molecule has 1 aromatic heterocycles. The van der Waals surface area contributed by atoms with Gasteiger partial charge < -0.3 is 4.57 Å². The second-order valence-electron chi connectivity index (χ2n) is 9.06. The summed E-state index contributed by atoms with van der Waals surface area (Å²) >= 11 is 1.88. The van der Waals surface area contributed by atoms with Gasteiger partial charge in [-0.2, -0.15) is 0 Å². The maximum absolute atomic E-state index is 13.9. The predicted molar refractivity (Wildman–Crippen MR) is 139 cm³/mol. The van der Waals surface area contributed by atoms with Gasteiger partial charge >= 0.3 is 0 Å². The molecule has 3 aromatic rings. The molecular formula is C28H38FN3S. The van der Waals surface area contributed by atoms with E-state index in [1.165, 1.54) is 22.2 Å². The fourth-order valence-electron chi connectivity index (χ4n) is 3.96. The van der Waals surface area contributed by atoms with Crippen LogP contribution in [0.15, 0.2) is 59.6 Å². The van der Waals surface area contributed by atoms with Crippen molar-refractivity contribution in [3.8, 4) is 11.4 Å². The number of unbranched alkanes of at least 4 members (excludes halogenated alkanes) is 1. The Bertz CT molecular complexity index is 981. The van der Waals surface area contributed by atoms with Crippen molar-refractivity contribution < 1.29 is 4.39 Å². The van der Waals surface area contributed by atoms with Gasteiger partial charge in [0.15, 0.2) is 0 Å². The van der Waals surface area contributed by atoms with Crippen LogP contribution in [0, 0.1) is 11.7 Å². The lowest BCUT2D eigenvalue weighted by molar-refractivity contribution is 0.235. The van der Waals surface area contributed by atoms with Gasteiger partial charge in [-0.05, 0) is 60.9 Å². The largest absolute Gasteiger partial charge is 0.327 e. The van der Waals surface area contributed by atoms with E-state index in [-0.39, 0.29) is 5.82 Å². The van der Waals surface area contributed by atoms with Gasteiger partial charge in [-0.25, -0.2) is 9.37 Å². The van der Waals surface area contributed by atoms with Gasteiger partial charge in [0.05, 0.1) is 11.9 Å². The SMILES string of the molecule is CCCCn1c(CN(CCC(C)C)Cc2ccc(SCC)cc2)cnc1-c1cccc(F)c1. The number of benzene rings is 2. The summed E-state index contributed by atoms with van der Waals surface area (Å²) in [5, 5.41) is 0. The standard InChI is InChI=1S/C28H38FN3S/c1-5-7-16-32-26(19-30-28(32)24-9-8-10-25(29)18-24)21-31(17-15-22(3)4)20-23-11-13-27(14-12-23)33-6-2/h8-14,18-19,22H,5-7,15-17,20-21H2,1-4H3. The first-order valence-corrected chi connectivity index (χ1v) is 13.2. The van der Waals surface area contributed by atoms with Crippen LogP contribution in [0.1, 0.15) is 58.2 Å². The number of hydrogen-bond donors (Lipinski definition) is 0. The van der Waals surface area contributed by atoms with Gasteiger partial charge in [-0.1, -0.05) is 58.4 Å². The second kappa shape index (κ2) is 13.0. The van der Waals surface area contributed by atoms with Crippen molar-refractivity contribution >= 4 is 11.8 Å². The van der Waals surface area contributed by atoms with E-state index < -0.39 is 0 Å². The molecule has 0 amide bonds. The van der Waals surface area contributed by atoms with Crippen molar-refractivity contribution in [2.45, 2.75) is 71.5 Å². The average molecular weight is 468 g/mol. The number of hydrogen-bond acceptors (Lipinski definition) is 3. The highest BCUT2D eigenvalue weighted by Crippen LogP contribution is 2.24. The van der Waals surface area contributed by atoms with Crippen LogP contribution in [0.5, 0.6) is 0 Å². The fourth-order valence-corrected chi connectivity index (χ4v) is 4.62. The summed E-state index contributed by atoms with van der Waals surface area (Å²) in [6.45, 7) is 12.6. The molecule has 0 unspecified atom stereocenters. The van der Waals surface area contributed by atoms with E-state index in [1.807, 2.05) is 24.0 Å². The zero-order chi connectivity index (χ0) is 23.6. The zero-order valence-electron chi connectivity index (χ0n) is 20.6. The van der Waals surface area contributed by atoms with Gasteiger partial charge in [0, 0.05) is 30.1 Å². The van der Waals surface area contributed by atoms with Crippen LogP contribution in [0.25, 0.3) is 11.4 Å². The number of aromatic nitrogens is 2. The minimum absolute atomic E-state index is 0.220. The number of rotatable bonds is 13. The third-order valence-corrected chi connectivity index (χ3v) is 6.70. The quantitative estimate of drug-likeness (QED) is 0.241. The first kappa shape index (κ1) is 25.5. The summed E-state index contributed by atoms with van der Waals surface area (Å²) in [7, 11) is 0. The summed E-state index contributed by atoms with van der Waals surface area (Å²) in [6.07, 6.45) is 5.33. The summed E-state index contributed by atoms with van der Waals surface area (Å²) in [5.74, 6) is 2.39. The molecule has 1 heterocycles.